The van der Waals surface area contributed by atoms with Crippen LogP contribution in [0.1, 0.15) is 24.2 Å². The number of hydrogen-bond donors (Lipinski definition) is 2. The van der Waals surface area contributed by atoms with Crippen LogP contribution < -0.4 is 11.3 Å². The quantitative estimate of drug-likeness (QED) is 0.542. The van der Waals surface area contributed by atoms with Crippen molar-refractivity contribution in [2.45, 2.75) is 13.0 Å². The molecule has 2 aromatic carbocycles. The van der Waals surface area contributed by atoms with Gasteiger partial charge in [0.05, 0.1) is 33.6 Å². The van der Waals surface area contributed by atoms with Gasteiger partial charge in [0, 0.05) is 29.6 Å². The highest BCUT2D eigenvalue weighted by Crippen LogP contribution is 2.36. The van der Waals surface area contributed by atoms with Crippen molar-refractivity contribution in [3.8, 4) is 28.5 Å². The topological polar surface area (TPSA) is 113 Å². The van der Waals surface area contributed by atoms with E-state index in [0.29, 0.717) is 32.6 Å². The highest BCUT2D eigenvalue weighted by molar-refractivity contribution is 6.32. The summed E-state index contributed by atoms with van der Waals surface area (Å²) in [6.07, 6.45) is 1.73. The fraction of sp³-hybridized carbons (Fsp3) is 0.143. The van der Waals surface area contributed by atoms with Crippen LogP contribution in [0.15, 0.2) is 47.4 Å². The predicted octanol–water partition coefficient (Wildman–Crippen LogP) is 3.54. The SMILES string of the molecule is C[C@H](N)c1n[nH]c(=O)c2ccc(-c3cnn(C)c3-c3cccc(Cl)c3C#N)cc12. The zero-order chi connectivity index (χ0) is 20.7. The summed E-state index contributed by atoms with van der Waals surface area (Å²) in [7, 11) is 1.81. The van der Waals surface area contributed by atoms with E-state index in [2.05, 4.69) is 21.4 Å². The summed E-state index contributed by atoms with van der Waals surface area (Å²) in [5.41, 5.74) is 9.84. The Morgan fingerprint density at radius 2 is 2.03 bits per heavy atom. The molecule has 0 fully saturated rings. The van der Waals surface area contributed by atoms with Crippen molar-refractivity contribution in [1.29, 1.82) is 5.26 Å². The van der Waals surface area contributed by atoms with Gasteiger partial charge in [0.15, 0.2) is 0 Å². The van der Waals surface area contributed by atoms with Gasteiger partial charge in [0.25, 0.3) is 5.56 Å². The number of nitrogens with two attached hydrogens (primary N) is 1. The normalized spacial score (nSPS) is 12.1. The number of benzene rings is 2. The van der Waals surface area contributed by atoms with Gasteiger partial charge in [-0.1, -0.05) is 29.8 Å². The second kappa shape index (κ2) is 7.17. The van der Waals surface area contributed by atoms with Crippen LogP contribution in [0.5, 0.6) is 0 Å². The molecule has 29 heavy (non-hydrogen) atoms. The van der Waals surface area contributed by atoms with E-state index in [0.717, 1.165) is 16.8 Å². The van der Waals surface area contributed by atoms with Crippen LogP contribution in [0.25, 0.3) is 33.2 Å². The number of aromatic nitrogens is 4. The van der Waals surface area contributed by atoms with E-state index in [1.54, 1.807) is 29.1 Å². The summed E-state index contributed by atoms with van der Waals surface area (Å²) in [5, 5.41) is 22.2. The van der Waals surface area contributed by atoms with Gasteiger partial charge in [-0.2, -0.15) is 15.5 Å². The van der Waals surface area contributed by atoms with Gasteiger partial charge >= 0.3 is 0 Å². The molecule has 0 aliphatic heterocycles. The Labute approximate surface area is 171 Å². The Bertz CT molecular complexity index is 1350. The summed E-state index contributed by atoms with van der Waals surface area (Å²) in [6.45, 7) is 1.81. The van der Waals surface area contributed by atoms with Gasteiger partial charge in [0.2, 0.25) is 0 Å². The molecule has 8 heteroatoms. The molecule has 2 heterocycles. The Hall–Kier alpha value is -3.47. The minimum absolute atomic E-state index is 0.274. The van der Waals surface area contributed by atoms with Gasteiger partial charge in [-0.15, -0.1) is 0 Å². The lowest BCUT2D eigenvalue weighted by Crippen LogP contribution is -2.16. The Kier molecular flexibility index (Phi) is 4.66. The van der Waals surface area contributed by atoms with Crippen molar-refractivity contribution in [2.24, 2.45) is 12.8 Å². The molecule has 0 bridgehead atoms. The van der Waals surface area contributed by atoms with E-state index in [9.17, 15) is 10.1 Å². The summed E-state index contributed by atoms with van der Waals surface area (Å²) in [6, 6.07) is 12.6. The summed E-state index contributed by atoms with van der Waals surface area (Å²) >= 11 is 6.24. The van der Waals surface area contributed by atoms with Gasteiger partial charge in [-0.3, -0.25) is 9.48 Å². The molecule has 0 saturated heterocycles. The molecule has 0 amide bonds. The molecule has 0 radical (unpaired) electrons. The first kappa shape index (κ1) is 18.9. The van der Waals surface area contributed by atoms with E-state index in [1.807, 2.05) is 32.2 Å². The number of nitrogens with zero attached hydrogens (tertiary/aromatic N) is 4. The molecule has 3 N–H and O–H groups in total. The van der Waals surface area contributed by atoms with Crippen LogP contribution in [0.4, 0.5) is 0 Å². The number of nitriles is 1. The second-order valence-corrected chi connectivity index (χ2v) is 7.20. The van der Waals surface area contributed by atoms with Crippen LogP contribution in [-0.2, 0) is 7.05 Å². The van der Waals surface area contributed by atoms with Crippen molar-refractivity contribution in [1.82, 2.24) is 20.0 Å². The number of fused-ring (bicyclic) bond motifs is 1. The number of H-pyrrole nitrogens is 1. The molecule has 0 unspecified atom stereocenters. The molecule has 2 aromatic heterocycles. The van der Waals surface area contributed by atoms with Crippen LogP contribution >= 0.6 is 11.6 Å². The third-order valence-corrected chi connectivity index (χ3v) is 5.19. The van der Waals surface area contributed by atoms with Crippen LogP contribution in [0.3, 0.4) is 0 Å². The van der Waals surface area contributed by atoms with Crippen molar-refractivity contribution in [3.63, 3.8) is 0 Å². The summed E-state index contributed by atoms with van der Waals surface area (Å²) < 4.78 is 1.70. The molecular weight excluding hydrogens is 388 g/mol. The molecule has 0 aliphatic rings. The zero-order valence-electron chi connectivity index (χ0n) is 15.8. The lowest BCUT2D eigenvalue weighted by atomic mass is 9.96. The molecule has 0 saturated carbocycles. The van der Waals surface area contributed by atoms with E-state index in [1.165, 1.54) is 0 Å². The van der Waals surface area contributed by atoms with Crippen molar-refractivity contribution < 1.29 is 0 Å². The van der Waals surface area contributed by atoms with Gasteiger partial charge < -0.3 is 5.73 Å². The van der Waals surface area contributed by atoms with Crippen molar-refractivity contribution in [2.75, 3.05) is 0 Å². The molecule has 1 atom stereocenters. The molecule has 4 rings (SSSR count). The first-order valence-corrected chi connectivity index (χ1v) is 9.29. The third kappa shape index (κ3) is 3.09. The number of rotatable bonds is 3. The maximum absolute atomic E-state index is 12.2. The van der Waals surface area contributed by atoms with E-state index >= 15 is 0 Å². The van der Waals surface area contributed by atoms with Gasteiger partial charge in [-0.05, 0) is 30.7 Å². The largest absolute Gasteiger partial charge is 0.323 e. The first-order valence-electron chi connectivity index (χ1n) is 8.91. The molecule has 0 aliphatic carbocycles. The summed E-state index contributed by atoms with van der Waals surface area (Å²) in [5.74, 6) is 0. The molecule has 7 nitrogen and oxygen atoms in total. The molecule has 4 aromatic rings. The number of nitrogens with one attached hydrogen (secondary N) is 1. The second-order valence-electron chi connectivity index (χ2n) is 6.79. The minimum Gasteiger partial charge on any atom is -0.323 e. The molecule has 0 spiro atoms. The van der Waals surface area contributed by atoms with E-state index < -0.39 is 0 Å². The zero-order valence-corrected chi connectivity index (χ0v) is 16.5. The van der Waals surface area contributed by atoms with Crippen molar-refractivity contribution >= 4 is 22.4 Å². The number of hydrogen-bond acceptors (Lipinski definition) is 5. The van der Waals surface area contributed by atoms with Gasteiger partial charge in [-0.25, -0.2) is 5.10 Å². The Balaban J connectivity index is 2.00. The average molecular weight is 405 g/mol. The lowest BCUT2D eigenvalue weighted by molar-refractivity contribution is 0.759. The maximum Gasteiger partial charge on any atom is 0.272 e. The highest BCUT2D eigenvalue weighted by Gasteiger charge is 2.19. The molecule has 144 valence electrons. The third-order valence-electron chi connectivity index (χ3n) is 4.88. The number of aryl methyl sites for hydroxylation is 1. The van der Waals surface area contributed by atoms with Crippen molar-refractivity contribution in [3.05, 3.63) is 69.2 Å². The maximum atomic E-state index is 12.2. The fourth-order valence-electron chi connectivity index (χ4n) is 3.50. The van der Waals surface area contributed by atoms with Gasteiger partial charge in [0.1, 0.15) is 6.07 Å². The highest BCUT2D eigenvalue weighted by atomic mass is 35.5. The smallest absolute Gasteiger partial charge is 0.272 e. The van der Waals surface area contributed by atoms with Crippen LogP contribution in [-0.4, -0.2) is 20.0 Å². The summed E-state index contributed by atoms with van der Waals surface area (Å²) in [4.78, 5) is 12.2. The van der Waals surface area contributed by atoms with E-state index in [4.69, 9.17) is 17.3 Å². The monoisotopic (exact) mass is 404 g/mol. The van der Waals surface area contributed by atoms with Crippen LogP contribution in [0.2, 0.25) is 5.02 Å². The average Bonchev–Trinajstić information content (AvgIpc) is 3.08. The minimum atomic E-state index is -0.351. The van der Waals surface area contributed by atoms with E-state index in [-0.39, 0.29) is 11.6 Å². The lowest BCUT2D eigenvalue weighted by Gasteiger charge is -2.12. The Morgan fingerprint density at radius 1 is 1.24 bits per heavy atom. The standard InChI is InChI=1S/C21H17ClN6O/c1-11(24)19-15-8-12(6-7-14(15)21(29)27-26-19)17-10-25-28(2)20(17)13-4-3-5-18(22)16(13)9-23/h3-8,10-11H,24H2,1-2H3,(H,27,29)/t11-/m0/s1. The molecular formula is C21H17ClN6O. The van der Waals surface area contributed by atoms with Crippen LogP contribution in [0, 0.1) is 11.3 Å². The first-order chi connectivity index (χ1) is 13.9. The fourth-order valence-corrected chi connectivity index (χ4v) is 3.72. The predicted molar refractivity (Wildman–Crippen MR) is 112 cm³/mol. The number of halogens is 1. The Morgan fingerprint density at radius 3 is 2.76 bits per heavy atom. The number of aromatic amines is 1.